The topological polar surface area (TPSA) is 70.2 Å². The number of aromatic amines is 1. The zero-order valence-corrected chi connectivity index (χ0v) is 12.9. The second kappa shape index (κ2) is 6.07. The number of aryl methyl sites for hydroxylation is 1. The summed E-state index contributed by atoms with van der Waals surface area (Å²) < 4.78 is 38.7. The lowest BCUT2D eigenvalue weighted by Crippen LogP contribution is -2.46. The smallest absolute Gasteiger partial charge is 0.338 e. The molecule has 24 heavy (non-hydrogen) atoms. The van der Waals surface area contributed by atoms with Crippen LogP contribution in [0.2, 0.25) is 0 Å². The normalized spacial score (nSPS) is 21.5. The van der Waals surface area contributed by atoms with Gasteiger partial charge in [0.15, 0.2) is 5.78 Å². The average molecular weight is 342 g/mol. The van der Waals surface area contributed by atoms with Crippen LogP contribution in [0.4, 0.5) is 13.2 Å². The fourth-order valence-electron chi connectivity index (χ4n) is 3.33. The Kier molecular flexibility index (Phi) is 4.23. The third-order valence-corrected chi connectivity index (χ3v) is 4.66. The van der Waals surface area contributed by atoms with Crippen LogP contribution < -0.4 is 5.56 Å². The Morgan fingerprint density at radius 3 is 2.67 bits per heavy atom. The number of carbonyl (C=O) groups excluding carboxylic acids is 2. The van der Waals surface area contributed by atoms with Gasteiger partial charge < -0.3 is 9.88 Å². The first-order chi connectivity index (χ1) is 11.3. The second-order valence-electron chi connectivity index (χ2n) is 6.31. The van der Waals surface area contributed by atoms with E-state index in [1.165, 1.54) is 6.07 Å². The second-order valence-corrected chi connectivity index (χ2v) is 6.31. The molecule has 1 atom stereocenters. The van der Waals surface area contributed by atoms with Crippen molar-refractivity contribution in [2.75, 3.05) is 13.1 Å². The number of carbonyl (C=O) groups is 2. The zero-order chi connectivity index (χ0) is 17.5. The van der Waals surface area contributed by atoms with E-state index in [1.54, 1.807) is 0 Å². The van der Waals surface area contributed by atoms with E-state index in [1.807, 2.05) is 0 Å². The van der Waals surface area contributed by atoms with E-state index in [0.29, 0.717) is 30.5 Å². The van der Waals surface area contributed by atoms with Gasteiger partial charge in [0.05, 0.1) is 5.92 Å². The molecule has 0 saturated carbocycles. The highest BCUT2D eigenvalue weighted by Gasteiger charge is 2.43. The Morgan fingerprint density at radius 1 is 1.21 bits per heavy atom. The summed E-state index contributed by atoms with van der Waals surface area (Å²) >= 11 is 0. The van der Waals surface area contributed by atoms with E-state index in [-0.39, 0.29) is 30.7 Å². The molecular formula is C16H17F3N2O3. The van der Waals surface area contributed by atoms with Crippen molar-refractivity contribution in [3.8, 4) is 0 Å². The highest BCUT2D eigenvalue weighted by Crippen LogP contribution is 2.33. The van der Waals surface area contributed by atoms with Gasteiger partial charge >= 0.3 is 6.18 Å². The van der Waals surface area contributed by atoms with Crippen LogP contribution in [0.25, 0.3) is 0 Å². The van der Waals surface area contributed by atoms with E-state index in [9.17, 15) is 27.6 Å². The maximum atomic E-state index is 12.9. The summed E-state index contributed by atoms with van der Waals surface area (Å²) in [6.45, 7) is -0.275. The van der Waals surface area contributed by atoms with Crippen LogP contribution in [0, 0.1) is 5.92 Å². The number of alkyl halides is 3. The Balaban J connectivity index is 1.89. The van der Waals surface area contributed by atoms with Crippen molar-refractivity contribution in [3.05, 3.63) is 33.2 Å². The third-order valence-electron chi connectivity index (χ3n) is 4.66. The Morgan fingerprint density at radius 2 is 1.96 bits per heavy atom. The Bertz CT molecular complexity index is 739. The third kappa shape index (κ3) is 3.09. The SMILES string of the molecule is O=C1CCCc2[nH]c(=O)c(C(=O)N3CCCC(C(F)(F)F)C3)cc21. The minimum atomic E-state index is -4.36. The first kappa shape index (κ1) is 16.7. The number of rotatable bonds is 1. The van der Waals surface area contributed by atoms with E-state index < -0.39 is 30.1 Å². The number of fused-ring (bicyclic) bond motifs is 1. The summed E-state index contributed by atoms with van der Waals surface area (Å²) in [5.74, 6) is -2.48. The van der Waals surface area contributed by atoms with Crippen LogP contribution in [0.15, 0.2) is 10.9 Å². The van der Waals surface area contributed by atoms with Crippen LogP contribution in [0.1, 0.15) is 52.1 Å². The molecule has 0 bridgehead atoms. The van der Waals surface area contributed by atoms with Crippen molar-refractivity contribution in [2.45, 2.75) is 38.3 Å². The van der Waals surface area contributed by atoms with Crippen LogP contribution in [-0.4, -0.2) is 40.8 Å². The van der Waals surface area contributed by atoms with E-state index >= 15 is 0 Å². The fraction of sp³-hybridized carbons (Fsp3) is 0.562. The van der Waals surface area contributed by atoms with Crippen molar-refractivity contribution in [1.82, 2.24) is 9.88 Å². The molecule has 1 amide bonds. The minimum Gasteiger partial charge on any atom is -0.338 e. The van der Waals surface area contributed by atoms with Gasteiger partial charge in [-0.3, -0.25) is 14.4 Å². The first-order valence-corrected chi connectivity index (χ1v) is 7.93. The lowest BCUT2D eigenvalue weighted by molar-refractivity contribution is -0.184. The molecule has 130 valence electrons. The molecule has 1 N–H and O–H groups in total. The molecular weight excluding hydrogens is 325 g/mol. The van der Waals surface area contributed by atoms with Gasteiger partial charge in [0.2, 0.25) is 0 Å². The standard InChI is InChI=1S/C16H17F3N2O3/c17-16(18,19)9-3-2-6-21(8-9)15(24)11-7-10-12(20-14(11)23)4-1-5-13(10)22/h7,9H,1-6,8H2,(H,20,23). The number of H-pyrrole nitrogens is 1. The number of piperidine rings is 1. The number of pyridine rings is 1. The molecule has 1 fully saturated rings. The molecule has 1 saturated heterocycles. The predicted octanol–water partition coefficient (Wildman–Crippen LogP) is 2.31. The molecule has 2 heterocycles. The van der Waals surface area contributed by atoms with Gasteiger partial charge in [-0.15, -0.1) is 0 Å². The lowest BCUT2D eigenvalue weighted by atomic mass is 9.93. The molecule has 1 aliphatic heterocycles. The summed E-state index contributed by atoms with van der Waals surface area (Å²) in [5, 5.41) is 0. The number of hydrogen-bond acceptors (Lipinski definition) is 3. The van der Waals surface area contributed by atoms with Crippen LogP contribution in [0.3, 0.4) is 0 Å². The zero-order valence-electron chi connectivity index (χ0n) is 12.9. The number of likely N-dealkylation sites (tertiary alicyclic amines) is 1. The van der Waals surface area contributed by atoms with Gasteiger partial charge in [-0.25, -0.2) is 0 Å². The predicted molar refractivity (Wildman–Crippen MR) is 79.0 cm³/mol. The number of ketones is 1. The summed E-state index contributed by atoms with van der Waals surface area (Å²) in [7, 11) is 0. The van der Waals surface area contributed by atoms with Crippen LogP contribution in [-0.2, 0) is 6.42 Å². The molecule has 2 aliphatic rings. The minimum absolute atomic E-state index is 0.0215. The Hall–Kier alpha value is -2.12. The van der Waals surface area contributed by atoms with Crippen molar-refractivity contribution >= 4 is 11.7 Å². The van der Waals surface area contributed by atoms with Gasteiger partial charge in [-0.05, 0) is 31.7 Å². The molecule has 0 spiro atoms. The number of Topliss-reactive ketones (excluding diaryl/α,β-unsaturated/α-hetero) is 1. The van der Waals surface area contributed by atoms with Gasteiger partial charge in [-0.1, -0.05) is 0 Å². The van der Waals surface area contributed by atoms with Crippen molar-refractivity contribution in [1.29, 1.82) is 0 Å². The number of nitrogens with one attached hydrogen (secondary N) is 1. The maximum absolute atomic E-state index is 12.9. The van der Waals surface area contributed by atoms with Crippen molar-refractivity contribution in [3.63, 3.8) is 0 Å². The summed E-state index contributed by atoms with van der Waals surface area (Å²) in [6.07, 6.45) is -2.63. The summed E-state index contributed by atoms with van der Waals surface area (Å²) in [5.41, 5.74) is -0.109. The number of hydrogen-bond donors (Lipinski definition) is 1. The molecule has 1 unspecified atom stereocenters. The van der Waals surface area contributed by atoms with E-state index in [4.69, 9.17) is 0 Å². The van der Waals surface area contributed by atoms with E-state index in [2.05, 4.69) is 4.98 Å². The lowest BCUT2D eigenvalue weighted by Gasteiger charge is -2.33. The van der Waals surface area contributed by atoms with Crippen LogP contribution >= 0.6 is 0 Å². The summed E-state index contributed by atoms with van der Waals surface area (Å²) in [4.78, 5) is 40.2. The molecule has 1 aromatic rings. The van der Waals surface area contributed by atoms with Crippen molar-refractivity contribution < 1.29 is 22.8 Å². The van der Waals surface area contributed by atoms with Crippen LogP contribution in [0.5, 0.6) is 0 Å². The largest absolute Gasteiger partial charge is 0.393 e. The average Bonchev–Trinajstić information content (AvgIpc) is 2.53. The Labute approximate surface area is 135 Å². The highest BCUT2D eigenvalue weighted by molar-refractivity contribution is 6.01. The molecule has 1 aromatic heterocycles. The fourth-order valence-corrected chi connectivity index (χ4v) is 3.33. The number of aromatic nitrogens is 1. The highest BCUT2D eigenvalue weighted by atomic mass is 19.4. The number of amides is 1. The van der Waals surface area contributed by atoms with E-state index in [0.717, 1.165) is 4.90 Å². The van der Waals surface area contributed by atoms with Crippen molar-refractivity contribution in [2.24, 2.45) is 5.92 Å². The molecule has 3 rings (SSSR count). The molecule has 0 radical (unpaired) electrons. The molecule has 8 heteroatoms. The monoisotopic (exact) mass is 342 g/mol. The van der Waals surface area contributed by atoms with Gasteiger partial charge in [0.25, 0.3) is 11.5 Å². The van der Waals surface area contributed by atoms with Gasteiger partial charge in [-0.2, -0.15) is 13.2 Å². The molecule has 1 aliphatic carbocycles. The molecule has 5 nitrogen and oxygen atoms in total. The quantitative estimate of drug-likeness (QED) is 0.851. The number of halogens is 3. The van der Waals surface area contributed by atoms with Gasteiger partial charge in [0.1, 0.15) is 5.56 Å². The molecule has 0 aromatic carbocycles. The first-order valence-electron chi connectivity index (χ1n) is 7.93. The number of nitrogens with zero attached hydrogens (tertiary/aromatic N) is 1. The van der Waals surface area contributed by atoms with Gasteiger partial charge in [0, 0.05) is 30.8 Å². The maximum Gasteiger partial charge on any atom is 0.393 e. The summed E-state index contributed by atoms with van der Waals surface area (Å²) in [6, 6.07) is 1.25.